The van der Waals surface area contributed by atoms with E-state index in [0.717, 1.165) is 0 Å². The molecule has 0 aliphatic heterocycles. The van der Waals surface area contributed by atoms with Crippen LogP contribution in [0.4, 0.5) is 5.69 Å². The zero-order valence-electron chi connectivity index (χ0n) is 11.0. The lowest BCUT2D eigenvalue weighted by Gasteiger charge is -2.22. The van der Waals surface area contributed by atoms with E-state index in [1.54, 1.807) is 29.6 Å². The first kappa shape index (κ1) is 15.5. The molecule has 0 unspecified atom stereocenters. The van der Waals surface area contributed by atoms with Crippen LogP contribution in [0, 0.1) is 10.1 Å². The number of esters is 1. The maximum Gasteiger partial charge on any atom is 0.307 e. The summed E-state index contributed by atoms with van der Waals surface area (Å²) >= 11 is 1.24. The molecule has 0 aromatic heterocycles. The number of methoxy groups -OCH3 is 1. The summed E-state index contributed by atoms with van der Waals surface area (Å²) in [7, 11) is 3.12. The molecule has 0 aliphatic rings. The first-order valence-corrected chi connectivity index (χ1v) is 6.44. The summed E-state index contributed by atoms with van der Waals surface area (Å²) in [4.78, 5) is 22.2. The summed E-state index contributed by atoms with van der Waals surface area (Å²) in [5.74, 6) is -0.303. The second-order valence-corrected chi connectivity index (χ2v) is 5.19. The summed E-state index contributed by atoms with van der Waals surface area (Å²) in [6.07, 6.45) is 0.237. The van der Waals surface area contributed by atoms with Crippen LogP contribution in [0.5, 0.6) is 0 Å². The number of carbonyl (C=O) groups is 1. The van der Waals surface area contributed by atoms with Crippen molar-refractivity contribution in [2.45, 2.75) is 24.3 Å². The third-order valence-corrected chi connectivity index (χ3v) is 3.80. The largest absolute Gasteiger partial charge is 0.469 e. The van der Waals surface area contributed by atoms with Crippen LogP contribution in [0.25, 0.3) is 0 Å². The number of rotatable bonds is 6. The lowest BCUT2D eigenvalue weighted by molar-refractivity contribution is -0.387. The Morgan fingerprint density at radius 2 is 2.16 bits per heavy atom. The fraction of sp³-hybridized carbons (Fsp3) is 0.417. The summed E-state index contributed by atoms with van der Waals surface area (Å²) in [6.45, 7) is 1.86. The molecule has 0 amide bonds. The Hall–Kier alpha value is -1.60. The monoisotopic (exact) mass is 284 g/mol. The molecule has 0 saturated carbocycles. The number of para-hydroxylation sites is 1. The number of hydrogen-bond acceptors (Lipinski definition) is 6. The molecule has 0 radical (unpaired) electrons. The van der Waals surface area contributed by atoms with E-state index in [1.165, 1.54) is 25.1 Å². The fourth-order valence-corrected chi connectivity index (χ4v) is 2.32. The van der Waals surface area contributed by atoms with E-state index in [4.69, 9.17) is 0 Å². The van der Waals surface area contributed by atoms with Crippen molar-refractivity contribution in [2.24, 2.45) is 0 Å². The van der Waals surface area contributed by atoms with Gasteiger partial charge in [-0.05, 0) is 32.0 Å². The van der Waals surface area contributed by atoms with Crippen molar-refractivity contribution in [3.63, 3.8) is 0 Å². The number of ether oxygens (including phenoxy) is 1. The molecule has 1 atom stereocenters. The van der Waals surface area contributed by atoms with Crippen molar-refractivity contribution in [1.82, 2.24) is 4.31 Å². The molecule has 0 aliphatic carbocycles. The third-order valence-electron chi connectivity index (χ3n) is 2.61. The number of carbonyl (C=O) groups excluding carboxylic acids is 1. The average molecular weight is 284 g/mol. The van der Waals surface area contributed by atoms with Crippen molar-refractivity contribution >= 4 is 23.6 Å². The molecule has 0 fully saturated rings. The van der Waals surface area contributed by atoms with Gasteiger partial charge in [-0.25, -0.2) is 4.31 Å². The van der Waals surface area contributed by atoms with Crippen LogP contribution in [-0.2, 0) is 9.53 Å². The van der Waals surface area contributed by atoms with Crippen molar-refractivity contribution in [1.29, 1.82) is 0 Å². The maximum atomic E-state index is 11.2. The van der Waals surface area contributed by atoms with Crippen molar-refractivity contribution in [2.75, 3.05) is 14.2 Å². The number of benzene rings is 1. The first-order valence-electron chi connectivity index (χ1n) is 5.66. The standard InChI is InChI=1S/C12H16N2O4S/c1-9(8-12(15)18-3)13(2)19-11-7-5-4-6-10(11)14(16)17/h4-7,9H,8H2,1-3H3/t9-/m1/s1. The van der Waals surface area contributed by atoms with Crippen LogP contribution in [0.2, 0.25) is 0 Å². The Kier molecular flexibility index (Phi) is 5.78. The van der Waals surface area contributed by atoms with Crippen LogP contribution in [0.3, 0.4) is 0 Å². The third kappa shape index (κ3) is 4.53. The lowest BCUT2D eigenvalue weighted by Crippen LogP contribution is -2.26. The Bertz CT molecular complexity index is 467. The molecule has 0 heterocycles. The van der Waals surface area contributed by atoms with Gasteiger partial charge in [0.2, 0.25) is 0 Å². The number of nitrogens with zero attached hydrogens (tertiary/aromatic N) is 2. The van der Waals surface area contributed by atoms with Crippen LogP contribution in [0.1, 0.15) is 13.3 Å². The highest BCUT2D eigenvalue weighted by Crippen LogP contribution is 2.31. The van der Waals surface area contributed by atoms with Gasteiger partial charge in [-0.1, -0.05) is 12.1 Å². The first-order chi connectivity index (χ1) is 8.95. The van der Waals surface area contributed by atoms with Crippen LogP contribution >= 0.6 is 11.9 Å². The molecule has 104 valence electrons. The van der Waals surface area contributed by atoms with Gasteiger partial charge in [-0.15, -0.1) is 0 Å². The summed E-state index contributed by atoms with van der Waals surface area (Å²) in [6, 6.07) is 6.43. The zero-order chi connectivity index (χ0) is 14.4. The molecule has 1 rings (SSSR count). The SMILES string of the molecule is COC(=O)C[C@@H](C)N(C)Sc1ccccc1[N+](=O)[O-]. The average Bonchev–Trinajstić information content (AvgIpc) is 2.38. The molecule has 0 N–H and O–H groups in total. The Morgan fingerprint density at radius 3 is 2.74 bits per heavy atom. The van der Waals surface area contributed by atoms with Gasteiger partial charge in [0.15, 0.2) is 0 Å². The molecule has 1 aromatic rings. The second kappa shape index (κ2) is 7.10. The van der Waals surface area contributed by atoms with Gasteiger partial charge >= 0.3 is 5.97 Å². The maximum absolute atomic E-state index is 11.2. The van der Waals surface area contributed by atoms with Gasteiger partial charge in [0.05, 0.1) is 18.5 Å². The normalized spacial score (nSPS) is 12.2. The molecular formula is C12H16N2O4S. The smallest absolute Gasteiger partial charge is 0.307 e. The predicted molar refractivity (Wildman–Crippen MR) is 72.8 cm³/mol. The summed E-state index contributed by atoms with van der Waals surface area (Å²) < 4.78 is 6.40. The van der Waals surface area contributed by atoms with E-state index in [-0.39, 0.29) is 24.1 Å². The van der Waals surface area contributed by atoms with E-state index in [0.29, 0.717) is 4.90 Å². The molecule has 1 aromatic carbocycles. The number of hydrogen-bond donors (Lipinski definition) is 0. The van der Waals surface area contributed by atoms with E-state index >= 15 is 0 Å². The second-order valence-electron chi connectivity index (χ2n) is 3.99. The van der Waals surface area contributed by atoms with E-state index in [2.05, 4.69) is 4.74 Å². The minimum absolute atomic E-state index is 0.0598. The fourth-order valence-electron chi connectivity index (χ4n) is 1.38. The quantitative estimate of drug-likeness (QED) is 0.346. The van der Waals surface area contributed by atoms with Crippen molar-refractivity contribution in [3.05, 3.63) is 34.4 Å². The Balaban J connectivity index is 2.74. The summed E-state index contributed by atoms with van der Waals surface area (Å²) in [5.41, 5.74) is 0.0598. The van der Waals surface area contributed by atoms with Gasteiger partial charge in [-0.2, -0.15) is 0 Å². The predicted octanol–water partition coefficient (Wildman–Crippen LogP) is 2.49. The Morgan fingerprint density at radius 1 is 1.53 bits per heavy atom. The highest BCUT2D eigenvalue weighted by molar-refractivity contribution is 7.97. The lowest BCUT2D eigenvalue weighted by atomic mass is 10.2. The van der Waals surface area contributed by atoms with Gasteiger partial charge in [-0.3, -0.25) is 14.9 Å². The van der Waals surface area contributed by atoms with Gasteiger partial charge < -0.3 is 4.74 Å². The number of nitro groups is 1. The van der Waals surface area contributed by atoms with E-state index in [1.807, 2.05) is 6.92 Å². The van der Waals surface area contributed by atoms with Crippen LogP contribution in [-0.4, -0.2) is 35.4 Å². The highest BCUT2D eigenvalue weighted by Gasteiger charge is 2.19. The number of nitro benzene ring substituents is 1. The van der Waals surface area contributed by atoms with Crippen molar-refractivity contribution < 1.29 is 14.5 Å². The van der Waals surface area contributed by atoms with Gasteiger partial charge in [0, 0.05) is 12.1 Å². The highest BCUT2D eigenvalue weighted by atomic mass is 32.2. The van der Waals surface area contributed by atoms with E-state index in [9.17, 15) is 14.9 Å². The van der Waals surface area contributed by atoms with Crippen LogP contribution < -0.4 is 0 Å². The minimum Gasteiger partial charge on any atom is -0.469 e. The molecule has 0 spiro atoms. The molecule has 7 heteroatoms. The Labute approximate surface area is 116 Å². The molecule has 6 nitrogen and oxygen atoms in total. The summed E-state index contributed by atoms with van der Waals surface area (Å²) in [5, 5.41) is 10.9. The van der Waals surface area contributed by atoms with Crippen molar-refractivity contribution in [3.8, 4) is 0 Å². The molecule has 0 saturated heterocycles. The molecule has 19 heavy (non-hydrogen) atoms. The molecular weight excluding hydrogens is 268 g/mol. The molecule has 0 bridgehead atoms. The minimum atomic E-state index is -0.416. The van der Waals surface area contributed by atoms with Gasteiger partial charge in [0.1, 0.15) is 4.90 Å². The van der Waals surface area contributed by atoms with Gasteiger partial charge in [0.25, 0.3) is 5.69 Å². The topological polar surface area (TPSA) is 72.7 Å². The van der Waals surface area contributed by atoms with Crippen LogP contribution in [0.15, 0.2) is 29.2 Å². The zero-order valence-corrected chi connectivity index (χ0v) is 11.8. The van der Waals surface area contributed by atoms with E-state index < -0.39 is 4.92 Å².